The van der Waals surface area contributed by atoms with E-state index in [1.54, 1.807) is 0 Å². The van der Waals surface area contributed by atoms with E-state index < -0.39 is 7.59 Å². The first-order valence-electron chi connectivity index (χ1n) is 4.01. The first kappa shape index (κ1) is 10.7. The topological polar surface area (TPSA) is 0 Å². The Kier molecular flexibility index (Phi) is 5.16. The zero-order chi connectivity index (χ0) is 8.74. The molecule has 0 radical (unpaired) electrons. The maximum Gasteiger partial charge on any atom is 0.0473 e. The van der Waals surface area contributed by atoms with Crippen LogP contribution in [0.4, 0.5) is 0 Å². The highest BCUT2D eigenvalue weighted by Crippen LogP contribution is 2.18. The Balaban J connectivity index is 4.09. The van der Waals surface area contributed by atoms with E-state index in [9.17, 15) is 0 Å². The third-order valence-electron chi connectivity index (χ3n) is 1.91. The van der Waals surface area contributed by atoms with Crippen molar-refractivity contribution in [2.24, 2.45) is 0 Å². The zero-order valence-electron chi connectivity index (χ0n) is 7.47. The fourth-order valence-corrected chi connectivity index (χ4v) is 6.48. The molecule has 0 aliphatic carbocycles. The van der Waals surface area contributed by atoms with Crippen molar-refractivity contribution < 1.29 is 0 Å². The molecule has 0 N–H and O–H groups in total. The van der Waals surface area contributed by atoms with E-state index >= 15 is 0 Å². The quantitative estimate of drug-likeness (QED) is 0.434. The highest BCUT2D eigenvalue weighted by Gasteiger charge is 2.21. The van der Waals surface area contributed by atoms with Crippen LogP contribution < -0.4 is 0 Å². The van der Waals surface area contributed by atoms with E-state index in [1.165, 1.54) is 27.9 Å². The van der Waals surface area contributed by atoms with E-state index in [4.69, 9.17) is 0 Å². The van der Waals surface area contributed by atoms with Gasteiger partial charge in [-0.3, -0.25) is 0 Å². The predicted molar refractivity (Wildman–Crippen MR) is 60.7 cm³/mol. The second-order valence-corrected chi connectivity index (χ2v) is 14.5. The van der Waals surface area contributed by atoms with Crippen LogP contribution in [0.1, 0.15) is 0 Å². The summed E-state index contributed by atoms with van der Waals surface area (Å²) in [6.45, 7) is 11.4. The number of allylic oxidation sites excluding steroid dienone is 3. The van der Waals surface area contributed by atoms with Gasteiger partial charge in [-0.05, 0) is 18.1 Å². The molecule has 0 aliphatic rings. The fraction of sp³-hybridized carbons (Fsp3) is 0.333. The van der Waals surface area contributed by atoms with Gasteiger partial charge >= 0.3 is 0 Å². The highest BCUT2D eigenvalue weighted by molar-refractivity contribution is 7.17. The molecule has 0 aliphatic heterocycles. The summed E-state index contributed by atoms with van der Waals surface area (Å²) >= 11 is 0. The lowest BCUT2D eigenvalue weighted by molar-refractivity contribution is 1.42. The van der Waals surface area contributed by atoms with Crippen molar-refractivity contribution >= 4 is 17.4 Å². The van der Waals surface area contributed by atoms with E-state index in [0.29, 0.717) is 0 Å². The Morgan fingerprint density at radius 2 is 1.18 bits per heavy atom. The Morgan fingerprint density at radius 1 is 0.909 bits per heavy atom. The highest BCUT2D eigenvalue weighted by atomic mass is 29.2. The van der Waals surface area contributed by atoms with Gasteiger partial charge in [0, 0.05) is 17.4 Å². The van der Waals surface area contributed by atoms with E-state index in [2.05, 4.69) is 38.0 Å². The monoisotopic (exact) mass is 182 g/mol. The van der Waals surface area contributed by atoms with Crippen molar-refractivity contribution in [2.45, 2.75) is 18.1 Å². The normalized spacial score (nSPS) is 10.9. The summed E-state index contributed by atoms with van der Waals surface area (Å²) in [6.07, 6.45) is 6.19. The van der Waals surface area contributed by atoms with Crippen LogP contribution in [0, 0.1) is 0 Å². The van der Waals surface area contributed by atoms with Crippen molar-refractivity contribution in [1.82, 2.24) is 0 Å². The van der Waals surface area contributed by atoms with Gasteiger partial charge in [0.25, 0.3) is 0 Å². The zero-order valence-corrected chi connectivity index (χ0v) is 10.5. The standard InChI is InChI=1S/C9H18Si2/c1-4-7-11(10,8-5-2)9-6-3/h4-6H,1-3,7-9H2,10H3. The van der Waals surface area contributed by atoms with Crippen LogP contribution in [0.25, 0.3) is 0 Å². The summed E-state index contributed by atoms with van der Waals surface area (Å²) in [5.41, 5.74) is 0. The molecule has 0 fully saturated rings. The van der Waals surface area contributed by atoms with Crippen LogP contribution in [0.3, 0.4) is 0 Å². The second-order valence-electron chi connectivity index (χ2n) is 3.29. The van der Waals surface area contributed by atoms with Gasteiger partial charge in [0.1, 0.15) is 0 Å². The largest absolute Gasteiger partial charge is 0.103 e. The van der Waals surface area contributed by atoms with Crippen LogP contribution >= 0.6 is 0 Å². The smallest absolute Gasteiger partial charge is 0.0473 e. The lowest BCUT2D eigenvalue weighted by Gasteiger charge is -2.22. The summed E-state index contributed by atoms with van der Waals surface area (Å²) in [5, 5.41) is 0. The molecule has 0 saturated heterocycles. The minimum absolute atomic E-state index is 0.965. The van der Waals surface area contributed by atoms with E-state index in [-0.39, 0.29) is 0 Å². The molecule has 0 rings (SSSR count). The molecular weight excluding hydrogens is 164 g/mol. The number of hydrogen-bond acceptors (Lipinski definition) is 0. The Morgan fingerprint density at radius 3 is 1.36 bits per heavy atom. The van der Waals surface area contributed by atoms with Crippen LogP contribution in [0.5, 0.6) is 0 Å². The fourth-order valence-electron chi connectivity index (χ4n) is 1.30. The molecule has 0 aromatic heterocycles. The maximum absolute atomic E-state index is 3.80. The van der Waals surface area contributed by atoms with Gasteiger partial charge in [0.05, 0.1) is 0 Å². The van der Waals surface area contributed by atoms with E-state index in [1.807, 2.05) is 0 Å². The van der Waals surface area contributed by atoms with Gasteiger partial charge in [-0.2, -0.15) is 0 Å². The third kappa shape index (κ3) is 4.16. The SMILES string of the molecule is C=CC[Si]([SiH3])(CC=C)CC=C. The average molecular weight is 182 g/mol. The van der Waals surface area contributed by atoms with Crippen LogP contribution in [-0.4, -0.2) is 17.4 Å². The van der Waals surface area contributed by atoms with Gasteiger partial charge in [0.2, 0.25) is 0 Å². The van der Waals surface area contributed by atoms with Crippen molar-refractivity contribution in [2.75, 3.05) is 0 Å². The molecule has 0 atom stereocenters. The lowest BCUT2D eigenvalue weighted by atomic mass is 10.7. The molecule has 0 bridgehead atoms. The summed E-state index contributed by atoms with van der Waals surface area (Å²) in [7, 11) is 0.358. The minimum atomic E-state index is -0.965. The lowest BCUT2D eigenvalue weighted by Crippen LogP contribution is -2.32. The number of hydrogen-bond donors (Lipinski definition) is 0. The molecule has 0 unspecified atom stereocenters. The third-order valence-corrected chi connectivity index (χ3v) is 9.41. The molecule has 0 amide bonds. The van der Waals surface area contributed by atoms with Crippen molar-refractivity contribution in [3.8, 4) is 0 Å². The van der Waals surface area contributed by atoms with Crippen LogP contribution in [0.15, 0.2) is 38.0 Å². The summed E-state index contributed by atoms with van der Waals surface area (Å²) < 4.78 is 0. The molecule has 0 aromatic rings. The Hall–Kier alpha value is -0.346. The number of rotatable bonds is 6. The van der Waals surface area contributed by atoms with Gasteiger partial charge in [-0.25, -0.2) is 0 Å². The Bertz CT molecular complexity index is 123. The van der Waals surface area contributed by atoms with Gasteiger partial charge in [0.15, 0.2) is 0 Å². The molecule has 0 saturated carbocycles. The Labute approximate surface area is 73.9 Å². The first-order chi connectivity index (χ1) is 5.18. The molecule has 0 spiro atoms. The van der Waals surface area contributed by atoms with E-state index in [0.717, 1.165) is 0 Å². The summed E-state index contributed by atoms with van der Waals surface area (Å²) in [6, 6.07) is 3.70. The molecular formula is C9H18Si2. The molecule has 62 valence electrons. The molecule has 0 nitrogen and oxygen atoms in total. The molecule has 0 aromatic carbocycles. The van der Waals surface area contributed by atoms with Crippen LogP contribution in [-0.2, 0) is 0 Å². The van der Waals surface area contributed by atoms with Crippen LogP contribution in [0.2, 0.25) is 18.1 Å². The minimum Gasteiger partial charge on any atom is -0.103 e. The predicted octanol–water partition coefficient (Wildman–Crippen LogP) is 1.86. The van der Waals surface area contributed by atoms with Gasteiger partial charge in [-0.15, -0.1) is 19.7 Å². The van der Waals surface area contributed by atoms with Crippen molar-refractivity contribution in [1.29, 1.82) is 0 Å². The summed E-state index contributed by atoms with van der Waals surface area (Å²) in [5.74, 6) is 0. The second kappa shape index (κ2) is 5.32. The van der Waals surface area contributed by atoms with Gasteiger partial charge < -0.3 is 0 Å². The van der Waals surface area contributed by atoms with Crippen molar-refractivity contribution in [3.63, 3.8) is 0 Å². The summed E-state index contributed by atoms with van der Waals surface area (Å²) in [4.78, 5) is 0. The van der Waals surface area contributed by atoms with Crippen molar-refractivity contribution in [3.05, 3.63) is 38.0 Å². The maximum atomic E-state index is 3.80. The molecule has 2 heteroatoms. The molecule has 0 heterocycles. The van der Waals surface area contributed by atoms with Gasteiger partial charge in [-0.1, -0.05) is 18.2 Å². The average Bonchev–Trinajstić information content (AvgIpc) is 1.88. The molecule has 11 heavy (non-hydrogen) atoms. The first-order valence-corrected chi connectivity index (χ1v) is 10.1.